The van der Waals surface area contributed by atoms with Crippen molar-refractivity contribution < 1.29 is 0 Å². The number of nitrogens with one attached hydrogen (secondary N) is 2. The van der Waals surface area contributed by atoms with Crippen molar-refractivity contribution in [1.82, 2.24) is 15.5 Å². The average molecular weight is 207 g/mol. The van der Waals surface area contributed by atoms with E-state index in [-0.39, 0.29) is 0 Å². The topological polar surface area (TPSA) is 40.7 Å². The minimum atomic E-state index is 0.684. The second-order valence-corrected chi connectivity index (χ2v) is 4.86. The molecule has 1 heterocycles. The molecule has 0 amide bonds. The molecular weight excluding hydrogens is 186 g/mol. The lowest BCUT2D eigenvalue weighted by Gasteiger charge is -2.34. The van der Waals surface area contributed by atoms with Crippen molar-refractivity contribution in [3.8, 4) is 0 Å². The minimum absolute atomic E-state index is 0.684. The summed E-state index contributed by atoms with van der Waals surface area (Å²) in [6.07, 6.45) is 7.94. The van der Waals surface area contributed by atoms with Crippen LogP contribution in [0.3, 0.4) is 0 Å². The predicted octanol–water partition coefficient (Wildman–Crippen LogP) is 2.32. The summed E-state index contributed by atoms with van der Waals surface area (Å²) in [5.74, 6) is 1.66. The normalized spacial score (nSPS) is 31.7. The van der Waals surface area contributed by atoms with E-state index in [9.17, 15) is 0 Å². The Morgan fingerprint density at radius 2 is 2.33 bits per heavy atom. The van der Waals surface area contributed by atoms with Gasteiger partial charge in [-0.2, -0.15) is 5.10 Å². The molecule has 84 valence electrons. The van der Waals surface area contributed by atoms with E-state index in [1.165, 1.54) is 24.8 Å². The number of hydrogen-bond donors (Lipinski definition) is 2. The van der Waals surface area contributed by atoms with Crippen molar-refractivity contribution in [3.05, 3.63) is 18.0 Å². The molecule has 0 aliphatic heterocycles. The summed E-state index contributed by atoms with van der Waals surface area (Å²) in [6.45, 7) is 5.69. The van der Waals surface area contributed by atoms with Crippen LogP contribution in [0.15, 0.2) is 12.4 Å². The van der Waals surface area contributed by atoms with Crippen molar-refractivity contribution in [2.24, 2.45) is 11.8 Å². The highest BCUT2D eigenvalue weighted by Crippen LogP contribution is 2.29. The van der Waals surface area contributed by atoms with Gasteiger partial charge in [0.1, 0.15) is 0 Å². The van der Waals surface area contributed by atoms with Crippen LogP contribution in [0.4, 0.5) is 0 Å². The lowest BCUT2D eigenvalue weighted by atomic mass is 9.78. The van der Waals surface area contributed by atoms with Gasteiger partial charge in [0.15, 0.2) is 0 Å². The first kappa shape index (κ1) is 10.7. The van der Waals surface area contributed by atoms with Crippen LogP contribution in [0, 0.1) is 11.8 Å². The zero-order chi connectivity index (χ0) is 10.7. The van der Waals surface area contributed by atoms with Crippen LogP contribution in [-0.4, -0.2) is 16.2 Å². The first-order chi connectivity index (χ1) is 7.27. The third kappa shape index (κ3) is 2.59. The lowest BCUT2D eigenvalue weighted by Crippen LogP contribution is -2.40. The fraction of sp³-hybridized carbons (Fsp3) is 0.750. The molecule has 1 aromatic rings. The smallest absolute Gasteiger partial charge is 0.0532 e. The first-order valence-electron chi connectivity index (χ1n) is 5.98. The number of aromatic amines is 1. The molecule has 2 rings (SSSR count). The SMILES string of the molecule is CC1CCCC(NCc2cn[nH]c2)C1C. The second-order valence-electron chi connectivity index (χ2n) is 4.86. The van der Waals surface area contributed by atoms with E-state index in [0.717, 1.165) is 18.4 Å². The molecule has 1 aliphatic carbocycles. The summed E-state index contributed by atoms with van der Waals surface area (Å²) >= 11 is 0. The second kappa shape index (κ2) is 4.79. The number of aromatic nitrogens is 2. The molecule has 1 aliphatic rings. The zero-order valence-corrected chi connectivity index (χ0v) is 9.66. The molecule has 0 spiro atoms. The van der Waals surface area contributed by atoms with E-state index in [1.54, 1.807) is 0 Å². The van der Waals surface area contributed by atoms with Gasteiger partial charge >= 0.3 is 0 Å². The summed E-state index contributed by atoms with van der Waals surface area (Å²) in [6, 6.07) is 0.684. The lowest BCUT2D eigenvalue weighted by molar-refractivity contribution is 0.206. The molecule has 3 heteroatoms. The van der Waals surface area contributed by atoms with E-state index >= 15 is 0 Å². The molecule has 15 heavy (non-hydrogen) atoms. The molecule has 3 nitrogen and oxygen atoms in total. The molecule has 1 fully saturated rings. The number of rotatable bonds is 3. The maximum absolute atomic E-state index is 3.95. The van der Waals surface area contributed by atoms with Gasteiger partial charge in [0.25, 0.3) is 0 Å². The molecule has 1 saturated carbocycles. The molecule has 3 unspecified atom stereocenters. The fourth-order valence-corrected chi connectivity index (χ4v) is 2.49. The third-order valence-electron chi connectivity index (χ3n) is 3.83. The van der Waals surface area contributed by atoms with Gasteiger partial charge in [-0.3, -0.25) is 5.10 Å². The van der Waals surface area contributed by atoms with Crippen LogP contribution in [0.1, 0.15) is 38.7 Å². The van der Waals surface area contributed by atoms with Crippen molar-refractivity contribution >= 4 is 0 Å². The molecule has 0 saturated heterocycles. The van der Waals surface area contributed by atoms with Gasteiger partial charge in [-0.05, 0) is 18.3 Å². The standard InChI is InChI=1S/C12H21N3/c1-9-4-3-5-12(10(9)2)13-6-11-7-14-15-8-11/h7-10,12-13H,3-6H2,1-2H3,(H,14,15). The van der Waals surface area contributed by atoms with E-state index in [1.807, 2.05) is 12.4 Å². The van der Waals surface area contributed by atoms with Crippen LogP contribution in [0.2, 0.25) is 0 Å². The Labute approximate surface area is 91.7 Å². The molecule has 1 aromatic heterocycles. The van der Waals surface area contributed by atoms with E-state index in [4.69, 9.17) is 0 Å². The third-order valence-corrected chi connectivity index (χ3v) is 3.83. The van der Waals surface area contributed by atoms with Gasteiger partial charge in [0, 0.05) is 24.3 Å². The Hall–Kier alpha value is -0.830. The highest BCUT2D eigenvalue weighted by molar-refractivity contribution is 5.02. The maximum Gasteiger partial charge on any atom is 0.0532 e. The number of nitrogens with zero attached hydrogens (tertiary/aromatic N) is 1. The van der Waals surface area contributed by atoms with Gasteiger partial charge in [-0.1, -0.05) is 26.7 Å². The van der Waals surface area contributed by atoms with Crippen LogP contribution < -0.4 is 5.32 Å². The van der Waals surface area contributed by atoms with Gasteiger partial charge in [0.2, 0.25) is 0 Å². The average Bonchev–Trinajstić information content (AvgIpc) is 2.73. The maximum atomic E-state index is 3.95. The Kier molecular flexibility index (Phi) is 3.41. The summed E-state index contributed by atoms with van der Waals surface area (Å²) < 4.78 is 0. The first-order valence-corrected chi connectivity index (χ1v) is 5.98. The Bertz CT molecular complexity index is 281. The Morgan fingerprint density at radius 1 is 1.47 bits per heavy atom. The summed E-state index contributed by atoms with van der Waals surface area (Å²) in [5, 5.41) is 10.4. The molecule has 0 bridgehead atoms. The molecule has 0 radical (unpaired) electrons. The number of hydrogen-bond acceptors (Lipinski definition) is 2. The molecule has 3 atom stereocenters. The molecular formula is C12H21N3. The number of H-pyrrole nitrogens is 1. The van der Waals surface area contributed by atoms with E-state index in [2.05, 4.69) is 29.4 Å². The summed E-state index contributed by atoms with van der Waals surface area (Å²) in [7, 11) is 0. The van der Waals surface area contributed by atoms with Crippen LogP contribution >= 0.6 is 0 Å². The quantitative estimate of drug-likeness (QED) is 0.798. The van der Waals surface area contributed by atoms with Crippen molar-refractivity contribution in [3.63, 3.8) is 0 Å². The van der Waals surface area contributed by atoms with Crippen LogP contribution in [0.5, 0.6) is 0 Å². The van der Waals surface area contributed by atoms with E-state index < -0.39 is 0 Å². The Balaban J connectivity index is 1.83. The highest BCUT2D eigenvalue weighted by atomic mass is 15.1. The molecule has 0 aromatic carbocycles. The zero-order valence-electron chi connectivity index (χ0n) is 9.66. The van der Waals surface area contributed by atoms with Gasteiger partial charge in [0.05, 0.1) is 6.20 Å². The van der Waals surface area contributed by atoms with Crippen molar-refractivity contribution in [2.75, 3.05) is 0 Å². The largest absolute Gasteiger partial charge is 0.310 e. The van der Waals surface area contributed by atoms with Crippen LogP contribution in [-0.2, 0) is 6.54 Å². The monoisotopic (exact) mass is 207 g/mol. The van der Waals surface area contributed by atoms with E-state index in [0.29, 0.717) is 6.04 Å². The van der Waals surface area contributed by atoms with Crippen LogP contribution in [0.25, 0.3) is 0 Å². The Morgan fingerprint density at radius 3 is 3.07 bits per heavy atom. The van der Waals surface area contributed by atoms with Gasteiger partial charge < -0.3 is 5.32 Å². The van der Waals surface area contributed by atoms with Crippen molar-refractivity contribution in [1.29, 1.82) is 0 Å². The predicted molar refractivity (Wildman–Crippen MR) is 61.4 cm³/mol. The fourth-order valence-electron chi connectivity index (χ4n) is 2.49. The van der Waals surface area contributed by atoms with Gasteiger partial charge in [-0.15, -0.1) is 0 Å². The summed E-state index contributed by atoms with van der Waals surface area (Å²) in [4.78, 5) is 0. The molecule has 2 N–H and O–H groups in total. The highest BCUT2D eigenvalue weighted by Gasteiger charge is 2.26. The summed E-state index contributed by atoms with van der Waals surface area (Å²) in [5.41, 5.74) is 1.25. The minimum Gasteiger partial charge on any atom is -0.310 e. The van der Waals surface area contributed by atoms with Crippen molar-refractivity contribution in [2.45, 2.75) is 45.7 Å². The van der Waals surface area contributed by atoms with Gasteiger partial charge in [-0.25, -0.2) is 0 Å².